The number of sulfonamides is 1. The molecule has 2 aliphatic rings. The van der Waals surface area contributed by atoms with E-state index in [9.17, 15) is 13.2 Å². The highest BCUT2D eigenvalue weighted by Crippen LogP contribution is 2.26. The summed E-state index contributed by atoms with van der Waals surface area (Å²) in [5.41, 5.74) is 1.78. The van der Waals surface area contributed by atoms with E-state index in [4.69, 9.17) is 0 Å². The number of carbonyl (C=O) groups is 1. The molecule has 1 saturated heterocycles. The molecule has 1 aromatic carbocycles. The van der Waals surface area contributed by atoms with Crippen LogP contribution in [0.25, 0.3) is 0 Å². The molecule has 7 heteroatoms. The summed E-state index contributed by atoms with van der Waals surface area (Å²) in [6.07, 6.45) is 7.90. The van der Waals surface area contributed by atoms with Gasteiger partial charge in [-0.2, -0.15) is 0 Å². The zero-order valence-corrected chi connectivity index (χ0v) is 16.3. The highest BCUT2D eigenvalue weighted by molar-refractivity contribution is 7.92. The number of amides is 1. The van der Waals surface area contributed by atoms with E-state index in [1.165, 1.54) is 29.8 Å². The van der Waals surface area contributed by atoms with Crippen molar-refractivity contribution in [3.05, 3.63) is 24.3 Å². The second kappa shape index (κ2) is 8.29. The first-order chi connectivity index (χ1) is 12.4. The van der Waals surface area contributed by atoms with Gasteiger partial charge in [0.15, 0.2) is 0 Å². The van der Waals surface area contributed by atoms with Crippen molar-refractivity contribution < 1.29 is 13.2 Å². The average Bonchev–Trinajstić information content (AvgIpc) is 2.57. The van der Waals surface area contributed by atoms with Gasteiger partial charge >= 0.3 is 0 Å². The Kier molecular flexibility index (Phi) is 6.06. The molecule has 0 unspecified atom stereocenters. The molecule has 0 atom stereocenters. The summed E-state index contributed by atoms with van der Waals surface area (Å²) in [4.78, 5) is 14.3. The highest BCUT2D eigenvalue weighted by Gasteiger charge is 2.25. The van der Waals surface area contributed by atoms with Crippen molar-refractivity contribution >= 4 is 27.3 Å². The maximum absolute atomic E-state index is 12.2. The van der Waals surface area contributed by atoms with Gasteiger partial charge in [-0.05, 0) is 56.4 Å². The first kappa shape index (κ1) is 19.0. The SMILES string of the molecule is CS(=O)(=O)N(CCNC(=O)C1CCC1)c1ccc(N2CCCCC2)cc1. The van der Waals surface area contributed by atoms with Gasteiger partial charge in [0.2, 0.25) is 15.9 Å². The van der Waals surface area contributed by atoms with Crippen molar-refractivity contribution in [2.75, 3.05) is 41.6 Å². The lowest BCUT2D eigenvalue weighted by molar-refractivity contribution is -0.127. The number of nitrogens with one attached hydrogen (secondary N) is 1. The van der Waals surface area contributed by atoms with Crippen molar-refractivity contribution in [2.45, 2.75) is 38.5 Å². The minimum Gasteiger partial charge on any atom is -0.372 e. The molecule has 1 aliphatic carbocycles. The summed E-state index contributed by atoms with van der Waals surface area (Å²) < 4.78 is 25.8. The maximum Gasteiger partial charge on any atom is 0.232 e. The molecule has 1 heterocycles. The molecule has 0 aromatic heterocycles. The number of piperidine rings is 1. The molecule has 26 heavy (non-hydrogen) atoms. The predicted octanol–water partition coefficient (Wildman–Crippen LogP) is 2.36. The first-order valence-electron chi connectivity index (χ1n) is 9.55. The van der Waals surface area contributed by atoms with Gasteiger partial charge < -0.3 is 10.2 Å². The Morgan fingerprint density at radius 2 is 1.77 bits per heavy atom. The molecular formula is C19H29N3O3S. The molecule has 1 aromatic rings. The number of hydrogen-bond acceptors (Lipinski definition) is 4. The van der Waals surface area contributed by atoms with Crippen molar-refractivity contribution in [2.24, 2.45) is 5.92 Å². The maximum atomic E-state index is 12.2. The molecule has 0 spiro atoms. The topological polar surface area (TPSA) is 69.7 Å². The third-order valence-corrected chi connectivity index (χ3v) is 6.54. The minimum absolute atomic E-state index is 0.0464. The van der Waals surface area contributed by atoms with Gasteiger partial charge in [-0.3, -0.25) is 9.10 Å². The van der Waals surface area contributed by atoms with Crippen LogP contribution in [-0.2, 0) is 14.8 Å². The lowest BCUT2D eigenvalue weighted by Gasteiger charge is -2.30. The number of hydrogen-bond donors (Lipinski definition) is 1. The van der Waals surface area contributed by atoms with Crippen LogP contribution in [0.2, 0.25) is 0 Å². The number of anilines is 2. The number of benzene rings is 1. The third-order valence-electron chi connectivity index (χ3n) is 5.35. The quantitative estimate of drug-likeness (QED) is 0.790. The zero-order chi connectivity index (χ0) is 18.6. The Morgan fingerprint density at radius 1 is 1.12 bits per heavy atom. The molecule has 2 fully saturated rings. The van der Waals surface area contributed by atoms with Gasteiger partial charge in [0.05, 0.1) is 18.5 Å². The van der Waals surface area contributed by atoms with E-state index in [-0.39, 0.29) is 18.4 Å². The summed E-state index contributed by atoms with van der Waals surface area (Å²) >= 11 is 0. The molecule has 6 nitrogen and oxygen atoms in total. The molecule has 1 N–H and O–H groups in total. The standard InChI is InChI=1S/C19H29N3O3S/c1-26(24,25)22(15-12-20-19(23)16-6-5-7-16)18-10-8-17(9-11-18)21-13-3-2-4-14-21/h8-11,16H,2-7,12-15H2,1H3,(H,20,23). The van der Waals surface area contributed by atoms with E-state index in [0.29, 0.717) is 12.2 Å². The fourth-order valence-corrected chi connectivity index (χ4v) is 4.49. The highest BCUT2D eigenvalue weighted by atomic mass is 32.2. The van der Waals surface area contributed by atoms with Crippen molar-refractivity contribution in [1.29, 1.82) is 0 Å². The minimum atomic E-state index is -3.40. The summed E-state index contributed by atoms with van der Waals surface area (Å²) in [6, 6.07) is 7.70. The van der Waals surface area contributed by atoms with Gasteiger partial charge in [-0.15, -0.1) is 0 Å². The molecule has 1 aliphatic heterocycles. The number of carbonyl (C=O) groups excluding carboxylic acids is 1. The van der Waals surface area contributed by atoms with E-state index < -0.39 is 10.0 Å². The lowest BCUT2D eigenvalue weighted by Crippen LogP contribution is -2.41. The molecule has 1 amide bonds. The van der Waals surface area contributed by atoms with E-state index in [0.717, 1.165) is 38.0 Å². The molecule has 0 bridgehead atoms. The van der Waals surface area contributed by atoms with Crippen molar-refractivity contribution in [1.82, 2.24) is 5.32 Å². The monoisotopic (exact) mass is 379 g/mol. The van der Waals surface area contributed by atoms with E-state index in [2.05, 4.69) is 10.2 Å². The second-order valence-electron chi connectivity index (χ2n) is 7.32. The van der Waals surface area contributed by atoms with Crippen LogP contribution in [0, 0.1) is 5.92 Å². The van der Waals surface area contributed by atoms with Crippen LogP contribution in [0.4, 0.5) is 11.4 Å². The Hall–Kier alpha value is -1.76. The van der Waals surface area contributed by atoms with E-state index in [1.54, 1.807) is 0 Å². The van der Waals surface area contributed by atoms with Crippen molar-refractivity contribution in [3.63, 3.8) is 0 Å². The molecule has 1 saturated carbocycles. The van der Waals surface area contributed by atoms with Crippen LogP contribution in [-0.4, -0.2) is 46.8 Å². The Bertz CT molecular complexity index is 708. The Balaban J connectivity index is 1.62. The van der Waals surface area contributed by atoms with Gasteiger partial charge in [0.25, 0.3) is 0 Å². The number of rotatable bonds is 7. The largest absolute Gasteiger partial charge is 0.372 e. The van der Waals surface area contributed by atoms with E-state index >= 15 is 0 Å². The molecule has 3 rings (SSSR count). The normalized spacial score (nSPS) is 18.3. The summed E-state index contributed by atoms with van der Waals surface area (Å²) in [5.74, 6) is 0.163. The van der Waals surface area contributed by atoms with E-state index in [1.807, 2.05) is 24.3 Å². The van der Waals surface area contributed by atoms with Crippen molar-refractivity contribution in [3.8, 4) is 0 Å². The van der Waals surface area contributed by atoms with Crippen LogP contribution in [0.15, 0.2) is 24.3 Å². The first-order valence-corrected chi connectivity index (χ1v) is 11.4. The molecular weight excluding hydrogens is 350 g/mol. The summed E-state index contributed by atoms with van der Waals surface area (Å²) in [5, 5.41) is 2.87. The average molecular weight is 380 g/mol. The van der Waals surface area contributed by atoms with Gasteiger partial charge in [-0.25, -0.2) is 8.42 Å². The number of nitrogens with zero attached hydrogens (tertiary/aromatic N) is 2. The molecule has 0 radical (unpaired) electrons. The smallest absolute Gasteiger partial charge is 0.232 e. The van der Waals surface area contributed by atoms with Crippen LogP contribution in [0.5, 0.6) is 0 Å². The fourth-order valence-electron chi connectivity index (χ4n) is 3.56. The fraction of sp³-hybridized carbons (Fsp3) is 0.632. The van der Waals surface area contributed by atoms with Crippen LogP contribution >= 0.6 is 0 Å². The lowest BCUT2D eigenvalue weighted by atomic mass is 9.85. The Morgan fingerprint density at radius 3 is 2.31 bits per heavy atom. The van der Waals surface area contributed by atoms with Crippen LogP contribution in [0.3, 0.4) is 0 Å². The zero-order valence-electron chi connectivity index (χ0n) is 15.5. The van der Waals surface area contributed by atoms with Gasteiger partial charge in [0, 0.05) is 31.2 Å². The predicted molar refractivity (Wildman–Crippen MR) is 105 cm³/mol. The van der Waals surface area contributed by atoms with Crippen LogP contribution in [0.1, 0.15) is 38.5 Å². The second-order valence-corrected chi connectivity index (χ2v) is 9.22. The molecule has 144 valence electrons. The summed E-state index contributed by atoms with van der Waals surface area (Å²) in [6.45, 7) is 2.70. The van der Waals surface area contributed by atoms with Gasteiger partial charge in [-0.1, -0.05) is 6.42 Å². The van der Waals surface area contributed by atoms with Crippen LogP contribution < -0.4 is 14.5 Å². The van der Waals surface area contributed by atoms with Gasteiger partial charge in [0.1, 0.15) is 0 Å². The Labute approximate surface area is 156 Å². The summed E-state index contributed by atoms with van der Waals surface area (Å²) in [7, 11) is -3.40. The third kappa shape index (κ3) is 4.69.